The highest BCUT2D eigenvalue weighted by Crippen LogP contribution is 2.38. The molecule has 1 amide bonds. The molecule has 2 aromatic rings. The molecule has 0 aliphatic carbocycles. The van der Waals surface area contributed by atoms with E-state index < -0.39 is 0 Å². The van der Waals surface area contributed by atoms with Crippen molar-refractivity contribution in [3.63, 3.8) is 0 Å². The van der Waals surface area contributed by atoms with Crippen molar-refractivity contribution in [3.8, 4) is 0 Å². The van der Waals surface area contributed by atoms with Crippen LogP contribution in [0.1, 0.15) is 13.8 Å². The maximum Gasteiger partial charge on any atom is 0.268 e. The van der Waals surface area contributed by atoms with Crippen LogP contribution in [0.5, 0.6) is 0 Å². The lowest BCUT2D eigenvalue weighted by Crippen LogP contribution is -2.38. The maximum absolute atomic E-state index is 13.7. The number of para-hydroxylation sites is 3. The zero-order valence-corrected chi connectivity index (χ0v) is 16.4. The van der Waals surface area contributed by atoms with Crippen molar-refractivity contribution in [1.82, 2.24) is 9.80 Å². The van der Waals surface area contributed by atoms with Gasteiger partial charge in [0.15, 0.2) is 0 Å². The number of nitrogens with zero attached hydrogens (tertiary/aromatic N) is 4. The number of aliphatic imine (C=N–C) groups is 1. The second-order valence-electron chi connectivity index (χ2n) is 6.58. The van der Waals surface area contributed by atoms with E-state index in [1.807, 2.05) is 79.8 Å². The van der Waals surface area contributed by atoms with E-state index in [0.717, 1.165) is 30.2 Å². The highest BCUT2D eigenvalue weighted by Gasteiger charge is 2.32. The number of anilines is 2. The number of likely N-dealkylation sites (N-methyl/N-ethyl adjacent to an activating group) is 1. The molecule has 0 bridgehead atoms. The lowest BCUT2D eigenvalue weighted by Gasteiger charge is -2.26. The fourth-order valence-corrected chi connectivity index (χ4v) is 3.22. The topological polar surface area (TPSA) is 39.1 Å². The fraction of sp³-hybridized carbons (Fsp3) is 0.273. The Hall–Kier alpha value is -3.08. The minimum absolute atomic E-state index is 0.0782. The largest absolute Gasteiger partial charge is 0.383 e. The van der Waals surface area contributed by atoms with Crippen LogP contribution in [0.25, 0.3) is 0 Å². The summed E-state index contributed by atoms with van der Waals surface area (Å²) in [6.45, 7) is 5.72. The van der Waals surface area contributed by atoms with E-state index in [2.05, 4.69) is 18.7 Å². The molecule has 0 aromatic heterocycles. The van der Waals surface area contributed by atoms with Gasteiger partial charge in [0.2, 0.25) is 0 Å². The van der Waals surface area contributed by atoms with Crippen LogP contribution in [-0.4, -0.2) is 48.7 Å². The third kappa shape index (κ3) is 3.72. The number of amides is 1. The van der Waals surface area contributed by atoms with Gasteiger partial charge in [-0.05, 0) is 38.1 Å². The SMILES string of the molecule is CCN(CC)C1=Nc2ccccc2N(c2ccccc2)C(=O)/C1=C\N(C)C. The Morgan fingerprint density at radius 2 is 1.59 bits per heavy atom. The molecule has 3 rings (SSSR count). The van der Waals surface area contributed by atoms with Crippen molar-refractivity contribution in [2.75, 3.05) is 32.1 Å². The zero-order chi connectivity index (χ0) is 19.4. The van der Waals surface area contributed by atoms with Crippen LogP contribution in [0.3, 0.4) is 0 Å². The quantitative estimate of drug-likeness (QED) is 0.766. The zero-order valence-electron chi connectivity index (χ0n) is 16.4. The van der Waals surface area contributed by atoms with Crippen LogP contribution in [0.2, 0.25) is 0 Å². The Labute approximate surface area is 161 Å². The van der Waals surface area contributed by atoms with Crippen molar-refractivity contribution in [1.29, 1.82) is 0 Å². The van der Waals surface area contributed by atoms with E-state index in [-0.39, 0.29) is 5.91 Å². The summed E-state index contributed by atoms with van der Waals surface area (Å²) >= 11 is 0. The molecule has 5 nitrogen and oxygen atoms in total. The van der Waals surface area contributed by atoms with Gasteiger partial charge in [-0.2, -0.15) is 0 Å². The van der Waals surface area contributed by atoms with Gasteiger partial charge >= 0.3 is 0 Å². The number of benzene rings is 2. The van der Waals surface area contributed by atoms with Gasteiger partial charge < -0.3 is 9.80 Å². The Morgan fingerprint density at radius 3 is 2.22 bits per heavy atom. The average Bonchev–Trinajstić information content (AvgIpc) is 2.79. The van der Waals surface area contributed by atoms with Crippen LogP contribution in [0.15, 0.2) is 71.4 Å². The molecule has 0 fully saturated rings. The number of fused-ring (bicyclic) bond motifs is 1. The number of carbonyl (C=O) groups is 1. The molecule has 0 atom stereocenters. The van der Waals surface area contributed by atoms with Gasteiger partial charge in [-0.1, -0.05) is 30.3 Å². The van der Waals surface area contributed by atoms with Gasteiger partial charge in [0, 0.05) is 39.1 Å². The predicted octanol–water partition coefficient (Wildman–Crippen LogP) is 4.18. The summed E-state index contributed by atoms with van der Waals surface area (Å²) in [4.78, 5) is 24.4. The van der Waals surface area contributed by atoms with Crippen molar-refractivity contribution in [2.45, 2.75) is 13.8 Å². The molecule has 1 heterocycles. The molecule has 27 heavy (non-hydrogen) atoms. The molecule has 0 saturated carbocycles. The molecule has 1 aliphatic rings. The lowest BCUT2D eigenvalue weighted by atomic mass is 10.1. The van der Waals surface area contributed by atoms with Crippen LogP contribution >= 0.6 is 0 Å². The van der Waals surface area contributed by atoms with Crippen molar-refractivity contribution >= 4 is 28.8 Å². The van der Waals surface area contributed by atoms with Crippen LogP contribution < -0.4 is 4.90 Å². The smallest absolute Gasteiger partial charge is 0.268 e. The van der Waals surface area contributed by atoms with Gasteiger partial charge in [-0.15, -0.1) is 0 Å². The first-order valence-corrected chi connectivity index (χ1v) is 9.27. The van der Waals surface area contributed by atoms with Crippen molar-refractivity contribution in [3.05, 3.63) is 66.4 Å². The highest BCUT2D eigenvalue weighted by molar-refractivity contribution is 6.29. The van der Waals surface area contributed by atoms with Crippen LogP contribution in [-0.2, 0) is 4.79 Å². The molecule has 1 aliphatic heterocycles. The summed E-state index contributed by atoms with van der Waals surface area (Å²) < 4.78 is 0. The summed E-state index contributed by atoms with van der Waals surface area (Å²) in [5.41, 5.74) is 3.00. The molecular formula is C22H26N4O. The monoisotopic (exact) mass is 362 g/mol. The Kier molecular flexibility index (Phi) is 5.60. The summed E-state index contributed by atoms with van der Waals surface area (Å²) in [5.74, 6) is 0.634. The third-order valence-corrected chi connectivity index (χ3v) is 4.49. The van der Waals surface area contributed by atoms with Crippen LogP contribution in [0.4, 0.5) is 17.1 Å². The number of carbonyl (C=O) groups excluding carboxylic acids is 1. The number of rotatable bonds is 4. The first kappa shape index (κ1) is 18.7. The van der Waals surface area contributed by atoms with Crippen molar-refractivity contribution < 1.29 is 4.79 Å². The average molecular weight is 362 g/mol. The van der Waals surface area contributed by atoms with Crippen LogP contribution in [0, 0.1) is 0 Å². The predicted molar refractivity (Wildman–Crippen MR) is 112 cm³/mol. The van der Waals surface area contributed by atoms with Gasteiger partial charge in [0.1, 0.15) is 5.84 Å². The molecular weight excluding hydrogens is 336 g/mol. The molecule has 0 spiro atoms. The fourth-order valence-electron chi connectivity index (χ4n) is 3.22. The number of hydrogen-bond donors (Lipinski definition) is 0. The Bertz CT molecular complexity index is 867. The van der Waals surface area contributed by atoms with Gasteiger partial charge in [-0.3, -0.25) is 9.69 Å². The summed E-state index contributed by atoms with van der Waals surface area (Å²) in [5, 5.41) is 0. The van der Waals surface area contributed by atoms with Gasteiger partial charge in [0.05, 0.1) is 16.9 Å². The van der Waals surface area contributed by atoms with Gasteiger partial charge in [0.25, 0.3) is 5.91 Å². The Morgan fingerprint density at radius 1 is 0.963 bits per heavy atom. The second kappa shape index (κ2) is 8.08. The standard InChI is InChI=1S/C22H26N4O/c1-5-25(6-2)21-18(16-24(3)4)22(27)26(17-12-8-7-9-13-17)20-15-11-10-14-19(20)23-21/h7-16H,5-6H2,1-4H3/b18-16-. The maximum atomic E-state index is 13.7. The van der Waals surface area contributed by atoms with E-state index in [9.17, 15) is 4.79 Å². The van der Waals surface area contributed by atoms with E-state index in [1.54, 1.807) is 4.90 Å². The summed E-state index contributed by atoms with van der Waals surface area (Å²) in [7, 11) is 3.84. The molecule has 0 N–H and O–H groups in total. The summed E-state index contributed by atoms with van der Waals surface area (Å²) in [6, 6.07) is 17.5. The van der Waals surface area contributed by atoms with Crippen molar-refractivity contribution in [2.24, 2.45) is 4.99 Å². The van der Waals surface area contributed by atoms with E-state index in [0.29, 0.717) is 11.4 Å². The first-order valence-electron chi connectivity index (χ1n) is 9.27. The Balaban J connectivity index is 2.27. The van der Waals surface area contributed by atoms with E-state index in [4.69, 9.17) is 4.99 Å². The lowest BCUT2D eigenvalue weighted by molar-refractivity contribution is -0.114. The van der Waals surface area contributed by atoms with Gasteiger partial charge in [-0.25, -0.2) is 4.99 Å². The normalized spacial score (nSPS) is 15.3. The first-order chi connectivity index (χ1) is 13.1. The number of hydrogen-bond acceptors (Lipinski definition) is 4. The number of amidine groups is 1. The summed E-state index contributed by atoms with van der Waals surface area (Å²) in [6.07, 6.45) is 1.86. The minimum atomic E-state index is -0.0782. The van der Waals surface area contributed by atoms with E-state index >= 15 is 0 Å². The molecule has 0 saturated heterocycles. The minimum Gasteiger partial charge on any atom is -0.383 e. The molecule has 0 unspecified atom stereocenters. The molecule has 2 aromatic carbocycles. The molecule has 5 heteroatoms. The highest BCUT2D eigenvalue weighted by atomic mass is 16.2. The second-order valence-corrected chi connectivity index (χ2v) is 6.58. The van der Waals surface area contributed by atoms with E-state index in [1.165, 1.54) is 0 Å². The molecule has 140 valence electrons. The third-order valence-electron chi connectivity index (χ3n) is 4.49. The molecule has 0 radical (unpaired) electrons.